The lowest BCUT2D eigenvalue weighted by atomic mass is 9.94. The monoisotopic (exact) mass is 594 g/mol. The third kappa shape index (κ3) is 7.27. The van der Waals surface area contributed by atoms with Gasteiger partial charge in [-0.3, -0.25) is 19.3 Å². The number of phenols is 1. The van der Waals surface area contributed by atoms with Crippen LogP contribution in [0.5, 0.6) is 5.75 Å². The first kappa shape index (κ1) is 30.4. The quantitative estimate of drug-likeness (QED) is 0.439. The second kappa shape index (κ2) is 13.5. The molecule has 3 fully saturated rings. The van der Waals surface area contributed by atoms with Crippen LogP contribution in [0.4, 0.5) is 5.69 Å². The van der Waals surface area contributed by atoms with Gasteiger partial charge in [-0.2, -0.15) is 0 Å². The van der Waals surface area contributed by atoms with E-state index in [0.717, 1.165) is 55.5 Å². The highest BCUT2D eigenvalue weighted by Crippen LogP contribution is 2.36. The van der Waals surface area contributed by atoms with Crippen LogP contribution in [-0.2, 0) is 20.8 Å². The minimum Gasteiger partial charge on any atom is -0.508 e. The fourth-order valence-electron chi connectivity index (χ4n) is 7.02. The van der Waals surface area contributed by atoms with Gasteiger partial charge >= 0.3 is 0 Å². The fraction of sp³-hybridized carbons (Fsp3) is 0.545. The van der Waals surface area contributed by atoms with Crippen molar-refractivity contribution in [2.45, 2.75) is 83.3 Å². The van der Waals surface area contributed by atoms with E-state index in [0.29, 0.717) is 56.0 Å². The van der Waals surface area contributed by atoms with Crippen molar-refractivity contribution in [3.8, 4) is 5.75 Å². The van der Waals surface area contributed by atoms with E-state index in [1.54, 1.807) is 31.2 Å². The van der Waals surface area contributed by atoms with E-state index in [4.69, 9.17) is 11.6 Å². The molecule has 8 nitrogen and oxygen atoms in total. The number of aromatic hydroxyl groups is 1. The van der Waals surface area contributed by atoms with Gasteiger partial charge in [-0.05, 0) is 87.3 Å². The van der Waals surface area contributed by atoms with Gasteiger partial charge in [0.15, 0.2) is 0 Å². The van der Waals surface area contributed by atoms with Crippen molar-refractivity contribution >= 4 is 35.0 Å². The molecule has 0 saturated carbocycles. The molecule has 2 aromatic rings. The molecule has 2 atom stereocenters. The average molecular weight is 595 g/mol. The van der Waals surface area contributed by atoms with E-state index >= 15 is 0 Å². The van der Waals surface area contributed by atoms with Gasteiger partial charge in [0.2, 0.25) is 17.7 Å². The number of anilines is 1. The van der Waals surface area contributed by atoms with Crippen molar-refractivity contribution in [1.29, 1.82) is 0 Å². The van der Waals surface area contributed by atoms with Crippen LogP contribution in [-0.4, -0.2) is 76.9 Å². The minimum absolute atomic E-state index is 0.0265. The SMILES string of the molecule is CC(=O)N1CCC(C(=O)N(CCCN2C3CCC2CC(NC(=O)Cc2ccc(O)cc2)C3)c2ccc(C)c(Cl)c2)CC1. The van der Waals surface area contributed by atoms with E-state index < -0.39 is 0 Å². The predicted octanol–water partition coefficient (Wildman–Crippen LogP) is 4.69. The molecular weight excluding hydrogens is 552 g/mol. The largest absolute Gasteiger partial charge is 0.508 e. The molecular formula is C33H43ClN4O4. The fourth-order valence-corrected chi connectivity index (χ4v) is 7.20. The van der Waals surface area contributed by atoms with E-state index in [-0.39, 0.29) is 35.4 Å². The summed E-state index contributed by atoms with van der Waals surface area (Å²) in [5.41, 5.74) is 2.71. The van der Waals surface area contributed by atoms with E-state index in [2.05, 4.69) is 10.2 Å². The van der Waals surface area contributed by atoms with Crippen molar-refractivity contribution in [2.75, 3.05) is 31.1 Å². The van der Waals surface area contributed by atoms with Gasteiger partial charge in [-0.25, -0.2) is 0 Å². The maximum Gasteiger partial charge on any atom is 0.230 e. The number of benzene rings is 2. The lowest BCUT2D eigenvalue weighted by Crippen LogP contribution is -2.51. The molecule has 5 rings (SSSR count). The van der Waals surface area contributed by atoms with Crippen LogP contribution in [0.25, 0.3) is 0 Å². The lowest BCUT2D eigenvalue weighted by Gasteiger charge is -2.40. The third-order valence-corrected chi connectivity index (χ3v) is 9.78. The summed E-state index contributed by atoms with van der Waals surface area (Å²) >= 11 is 6.48. The summed E-state index contributed by atoms with van der Waals surface area (Å²) in [4.78, 5) is 44.6. The van der Waals surface area contributed by atoms with Crippen LogP contribution < -0.4 is 10.2 Å². The number of nitrogens with zero attached hydrogens (tertiary/aromatic N) is 3. The predicted molar refractivity (Wildman–Crippen MR) is 165 cm³/mol. The highest BCUT2D eigenvalue weighted by Gasteiger charge is 2.41. The molecule has 226 valence electrons. The molecule has 0 aliphatic carbocycles. The molecule has 9 heteroatoms. The number of piperidine rings is 2. The molecule has 42 heavy (non-hydrogen) atoms. The highest BCUT2D eigenvalue weighted by molar-refractivity contribution is 6.31. The van der Waals surface area contributed by atoms with Crippen LogP contribution in [0.2, 0.25) is 5.02 Å². The topological polar surface area (TPSA) is 93.2 Å². The zero-order valence-electron chi connectivity index (χ0n) is 24.7. The molecule has 2 aromatic carbocycles. The lowest BCUT2D eigenvalue weighted by molar-refractivity contribution is -0.133. The molecule has 0 spiro atoms. The Morgan fingerprint density at radius 1 is 1.00 bits per heavy atom. The number of hydrogen-bond acceptors (Lipinski definition) is 5. The van der Waals surface area contributed by atoms with E-state index in [9.17, 15) is 19.5 Å². The van der Waals surface area contributed by atoms with Crippen molar-refractivity contribution in [1.82, 2.24) is 15.1 Å². The third-order valence-electron chi connectivity index (χ3n) is 9.37. The van der Waals surface area contributed by atoms with Crippen LogP contribution >= 0.6 is 11.6 Å². The Bertz CT molecular complexity index is 1260. The number of hydrogen-bond donors (Lipinski definition) is 2. The van der Waals surface area contributed by atoms with E-state index in [1.807, 2.05) is 34.9 Å². The number of phenolic OH excluding ortho intramolecular Hbond substituents is 1. The Morgan fingerprint density at radius 3 is 2.29 bits per heavy atom. The molecule has 3 aliphatic heterocycles. The Labute approximate surface area is 254 Å². The molecule has 3 saturated heterocycles. The molecule has 3 heterocycles. The number of aryl methyl sites for hydroxylation is 1. The number of rotatable bonds is 9. The molecule has 0 aromatic heterocycles. The Morgan fingerprint density at radius 2 is 1.67 bits per heavy atom. The van der Waals surface area contributed by atoms with Gasteiger partial charge in [-0.15, -0.1) is 0 Å². The number of nitrogens with one attached hydrogen (secondary N) is 1. The van der Waals surface area contributed by atoms with Gasteiger partial charge in [0.05, 0.1) is 6.42 Å². The van der Waals surface area contributed by atoms with Crippen molar-refractivity contribution in [2.24, 2.45) is 5.92 Å². The summed E-state index contributed by atoms with van der Waals surface area (Å²) in [5.74, 6) is 0.319. The number of fused-ring (bicyclic) bond motifs is 2. The minimum atomic E-state index is -0.0993. The summed E-state index contributed by atoms with van der Waals surface area (Å²) in [6.07, 6.45) is 6.71. The molecule has 2 N–H and O–H groups in total. The van der Waals surface area contributed by atoms with Gasteiger partial charge < -0.3 is 20.2 Å². The van der Waals surface area contributed by atoms with Crippen LogP contribution in [0.1, 0.15) is 63.0 Å². The maximum absolute atomic E-state index is 13.8. The number of amides is 3. The number of carbonyl (C=O) groups excluding carboxylic acids is 3. The van der Waals surface area contributed by atoms with Gasteiger partial charge in [0.25, 0.3) is 0 Å². The summed E-state index contributed by atoms with van der Waals surface area (Å²) < 4.78 is 0. The molecule has 2 bridgehead atoms. The summed E-state index contributed by atoms with van der Waals surface area (Å²) in [7, 11) is 0. The normalized spacial score (nSPS) is 22.6. The zero-order valence-corrected chi connectivity index (χ0v) is 25.5. The number of halogens is 1. The molecule has 0 radical (unpaired) electrons. The van der Waals surface area contributed by atoms with Crippen LogP contribution in [0.15, 0.2) is 42.5 Å². The molecule has 3 amide bonds. The second-order valence-electron chi connectivity index (χ2n) is 12.3. The highest BCUT2D eigenvalue weighted by atomic mass is 35.5. The Balaban J connectivity index is 1.16. The zero-order chi connectivity index (χ0) is 29.8. The van der Waals surface area contributed by atoms with Crippen LogP contribution in [0, 0.1) is 12.8 Å². The summed E-state index contributed by atoms with van der Waals surface area (Å²) in [6.45, 7) is 6.33. The van der Waals surface area contributed by atoms with Crippen molar-refractivity contribution < 1.29 is 19.5 Å². The first-order valence-electron chi connectivity index (χ1n) is 15.3. The molecule has 2 unspecified atom stereocenters. The van der Waals surface area contributed by atoms with E-state index in [1.165, 1.54) is 0 Å². The first-order chi connectivity index (χ1) is 20.2. The number of carbonyl (C=O) groups is 3. The van der Waals surface area contributed by atoms with Gasteiger partial charge in [-0.1, -0.05) is 29.8 Å². The smallest absolute Gasteiger partial charge is 0.230 e. The first-order valence-corrected chi connectivity index (χ1v) is 15.7. The Kier molecular flexibility index (Phi) is 9.74. The maximum atomic E-state index is 13.8. The number of likely N-dealkylation sites (tertiary alicyclic amines) is 1. The van der Waals surface area contributed by atoms with Crippen molar-refractivity contribution in [3.05, 3.63) is 58.6 Å². The van der Waals surface area contributed by atoms with Crippen LogP contribution in [0.3, 0.4) is 0 Å². The average Bonchev–Trinajstić information content (AvgIpc) is 3.20. The standard InChI is InChI=1S/C33H43ClN4O4/c1-22-4-7-29(21-31(22)34)38(33(42)25-12-16-36(17-13-25)23(2)39)15-3-14-37-27-8-9-28(37)20-26(19-27)35-32(41)18-24-5-10-30(40)11-6-24/h4-7,10-11,21,25-28,40H,3,8-9,12-20H2,1-2H3,(H,35,41). The summed E-state index contributed by atoms with van der Waals surface area (Å²) in [5, 5.41) is 13.4. The molecule has 3 aliphatic rings. The second-order valence-corrected chi connectivity index (χ2v) is 12.7. The van der Waals surface area contributed by atoms with Gasteiger partial charge in [0, 0.05) is 67.9 Å². The summed E-state index contributed by atoms with van der Waals surface area (Å²) in [6, 6.07) is 13.7. The Hall–Kier alpha value is -3.10. The van der Waals surface area contributed by atoms with Crippen molar-refractivity contribution in [3.63, 3.8) is 0 Å². The van der Waals surface area contributed by atoms with Gasteiger partial charge in [0.1, 0.15) is 5.75 Å².